The highest BCUT2D eigenvalue weighted by Gasteiger charge is 2.20. The number of halogens is 1. The van der Waals surface area contributed by atoms with Crippen molar-refractivity contribution >= 4 is 21.9 Å². The average Bonchev–Trinajstić information content (AvgIpc) is 2.51. The average molecular weight is 352 g/mol. The number of benzene rings is 1. The summed E-state index contributed by atoms with van der Waals surface area (Å²) in [4.78, 5) is 24.1. The van der Waals surface area contributed by atoms with Gasteiger partial charge in [0.25, 0.3) is 5.56 Å². The van der Waals surface area contributed by atoms with E-state index in [1.54, 1.807) is 6.20 Å². The van der Waals surface area contributed by atoms with Crippen LogP contribution >= 0.6 is 15.9 Å². The molecule has 0 aliphatic carbocycles. The monoisotopic (exact) mass is 351 g/mol. The van der Waals surface area contributed by atoms with Gasteiger partial charge in [-0.05, 0) is 27.6 Å². The van der Waals surface area contributed by atoms with Crippen LogP contribution < -0.4 is 5.56 Å². The molecule has 0 radical (unpaired) electrons. The quantitative estimate of drug-likeness (QED) is 0.855. The third-order valence-electron chi connectivity index (χ3n) is 3.11. The summed E-state index contributed by atoms with van der Waals surface area (Å²) in [6, 6.07) is 9.95. The van der Waals surface area contributed by atoms with Crippen LogP contribution in [0, 0.1) is 0 Å². The van der Waals surface area contributed by atoms with Crippen LogP contribution in [0.1, 0.15) is 22.0 Å². The third-order valence-corrected chi connectivity index (χ3v) is 3.54. The van der Waals surface area contributed by atoms with Crippen molar-refractivity contribution in [1.29, 1.82) is 0 Å². The van der Waals surface area contributed by atoms with Gasteiger partial charge in [0.05, 0.1) is 19.8 Å². The van der Waals surface area contributed by atoms with Crippen molar-refractivity contribution in [2.45, 2.75) is 6.04 Å². The number of carbonyl (C=O) groups excluding carboxylic acids is 1. The van der Waals surface area contributed by atoms with Crippen molar-refractivity contribution in [2.24, 2.45) is 0 Å². The molecule has 1 aromatic heterocycles. The van der Waals surface area contributed by atoms with Crippen molar-refractivity contribution in [1.82, 2.24) is 4.57 Å². The fourth-order valence-electron chi connectivity index (χ4n) is 2.08. The Balaban J connectivity index is 2.60. The molecule has 0 spiro atoms. The summed E-state index contributed by atoms with van der Waals surface area (Å²) in [5.41, 5.74) is 0.185. The number of carbonyl (C=O) groups is 1. The van der Waals surface area contributed by atoms with Gasteiger partial charge in [-0.1, -0.05) is 30.3 Å². The zero-order valence-corrected chi connectivity index (χ0v) is 12.9. The summed E-state index contributed by atoms with van der Waals surface area (Å²) in [6.07, 6.45) is 1.54. The molecular weight excluding hydrogens is 338 g/mol. The molecule has 1 heterocycles. The Kier molecular flexibility index (Phi) is 4.93. The van der Waals surface area contributed by atoms with Crippen LogP contribution in [0.3, 0.4) is 0 Å². The molecule has 0 aliphatic rings. The van der Waals surface area contributed by atoms with Gasteiger partial charge in [0, 0.05) is 10.7 Å². The minimum absolute atomic E-state index is 0.0822. The molecule has 0 saturated carbocycles. The second-order valence-corrected chi connectivity index (χ2v) is 5.30. The maximum Gasteiger partial charge on any atom is 0.343 e. The molecular formula is C15H14BrNO4. The highest BCUT2D eigenvalue weighted by atomic mass is 79.9. The SMILES string of the molecule is COC(=O)c1cc(Br)cn([C@@H](CO)c2ccccc2)c1=O. The second kappa shape index (κ2) is 6.69. The molecule has 0 amide bonds. The fourth-order valence-corrected chi connectivity index (χ4v) is 2.53. The van der Waals surface area contributed by atoms with Crippen molar-refractivity contribution in [2.75, 3.05) is 13.7 Å². The van der Waals surface area contributed by atoms with Crippen molar-refractivity contribution < 1.29 is 14.6 Å². The van der Waals surface area contributed by atoms with Crippen LogP contribution in [-0.4, -0.2) is 29.4 Å². The van der Waals surface area contributed by atoms with E-state index in [9.17, 15) is 14.7 Å². The summed E-state index contributed by atoms with van der Waals surface area (Å²) in [7, 11) is 1.22. The summed E-state index contributed by atoms with van der Waals surface area (Å²) in [5, 5.41) is 9.64. The third kappa shape index (κ3) is 3.22. The van der Waals surface area contributed by atoms with Crippen molar-refractivity contribution in [3.63, 3.8) is 0 Å². The maximum absolute atomic E-state index is 12.4. The lowest BCUT2D eigenvalue weighted by molar-refractivity contribution is 0.0597. The van der Waals surface area contributed by atoms with Gasteiger partial charge >= 0.3 is 5.97 Å². The molecule has 1 N–H and O–H groups in total. The molecule has 6 heteroatoms. The van der Waals surface area contributed by atoms with E-state index in [1.165, 1.54) is 17.7 Å². The normalized spacial score (nSPS) is 12.0. The van der Waals surface area contributed by atoms with Gasteiger partial charge in [-0.25, -0.2) is 4.79 Å². The minimum atomic E-state index is -0.709. The molecule has 2 rings (SSSR count). The summed E-state index contributed by atoms with van der Waals surface area (Å²) >= 11 is 3.27. The van der Waals surface area contributed by atoms with Gasteiger partial charge < -0.3 is 14.4 Å². The van der Waals surface area contributed by atoms with Crippen LogP contribution in [0.4, 0.5) is 0 Å². The van der Waals surface area contributed by atoms with E-state index >= 15 is 0 Å². The Bertz CT molecular complexity index is 697. The van der Waals surface area contributed by atoms with E-state index < -0.39 is 17.6 Å². The highest BCUT2D eigenvalue weighted by molar-refractivity contribution is 9.10. The lowest BCUT2D eigenvalue weighted by Crippen LogP contribution is -2.31. The molecule has 5 nitrogen and oxygen atoms in total. The van der Waals surface area contributed by atoms with E-state index in [1.807, 2.05) is 30.3 Å². The maximum atomic E-state index is 12.4. The van der Waals surface area contributed by atoms with Crippen LogP contribution in [0.5, 0.6) is 0 Å². The molecule has 110 valence electrons. The lowest BCUT2D eigenvalue weighted by Gasteiger charge is -2.19. The Morgan fingerprint density at radius 2 is 2.05 bits per heavy atom. The second-order valence-electron chi connectivity index (χ2n) is 4.39. The molecule has 2 aromatic rings. The first kappa shape index (κ1) is 15.5. The number of aliphatic hydroxyl groups is 1. The Morgan fingerprint density at radius 1 is 1.38 bits per heavy atom. The molecule has 0 saturated heterocycles. The molecule has 0 aliphatic heterocycles. The number of pyridine rings is 1. The van der Waals surface area contributed by atoms with E-state index in [0.717, 1.165) is 5.56 Å². The topological polar surface area (TPSA) is 68.5 Å². The fraction of sp³-hybridized carbons (Fsp3) is 0.200. The van der Waals surface area contributed by atoms with Gasteiger partial charge in [-0.2, -0.15) is 0 Å². The molecule has 0 fully saturated rings. The zero-order chi connectivity index (χ0) is 15.4. The number of ether oxygens (including phenoxy) is 1. The number of aromatic nitrogens is 1. The number of hydrogen-bond acceptors (Lipinski definition) is 4. The summed E-state index contributed by atoms with van der Waals surface area (Å²) < 4.78 is 6.49. The number of esters is 1. The van der Waals surface area contributed by atoms with Gasteiger partial charge in [-0.15, -0.1) is 0 Å². The zero-order valence-electron chi connectivity index (χ0n) is 11.3. The Morgan fingerprint density at radius 3 is 2.62 bits per heavy atom. The Labute approximate surface area is 129 Å². The first-order valence-corrected chi connectivity index (χ1v) is 7.03. The summed E-state index contributed by atoms with van der Waals surface area (Å²) in [5.74, 6) is -0.709. The van der Waals surface area contributed by atoms with Crippen LogP contribution in [0.15, 0.2) is 51.9 Å². The summed E-state index contributed by atoms with van der Waals surface area (Å²) in [6.45, 7) is -0.263. The molecule has 0 unspecified atom stereocenters. The van der Waals surface area contributed by atoms with Gasteiger partial charge in [0.15, 0.2) is 0 Å². The molecule has 1 aromatic carbocycles. The standard InChI is InChI=1S/C15H14BrNO4/c1-21-15(20)12-7-11(16)8-17(14(12)19)13(9-18)10-5-3-2-4-6-10/h2-8,13,18H,9H2,1H3/t13-/m0/s1. The highest BCUT2D eigenvalue weighted by Crippen LogP contribution is 2.19. The number of methoxy groups -OCH3 is 1. The number of rotatable bonds is 4. The lowest BCUT2D eigenvalue weighted by atomic mass is 10.1. The van der Waals surface area contributed by atoms with Crippen LogP contribution in [0.25, 0.3) is 0 Å². The van der Waals surface area contributed by atoms with E-state index in [4.69, 9.17) is 0 Å². The van der Waals surface area contributed by atoms with Crippen LogP contribution in [0.2, 0.25) is 0 Å². The molecule has 21 heavy (non-hydrogen) atoms. The van der Waals surface area contributed by atoms with Crippen molar-refractivity contribution in [3.05, 3.63) is 68.5 Å². The predicted octanol–water partition coefficient (Wildman–Crippen LogP) is 1.98. The largest absolute Gasteiger partial charge is 0.465 e. The van der Waals surface area contributed by atoms with Gasteiger partial charge in [-0.3, -0.25) is 4.79 Å². The number of nitrogens with zero attached hydrogens (tertiary/aromatic N) is 1. The van der Waals surface area contributed by atoms with E-state index in [-0.39, 0.29) is 12.2 Å². The smallest absolute Gasteiger partial charge is 0.343 e. The van der Waals surface area contributed by atoms with Gasteiger partial charge in [0.1, 0.15) is 5.56 Å². The van der Waals surface area contributed by atoms with E-state index in [2.05, 4.69) is 20.7 Å². The van der Waals surface area contributed by atoms with Gasteiger partial charge in [0.2, 0.25) is 0 Å². The van der Waals surface area contributed by atoms with Crippen LogP contribution in [-0.2, 0) is 4.74 Å². The van der Waals surface area contributed by atoms with Crippen molar-refractivity contribution in [3.8, 4) is 0 Å². The first-order valence-electron chi connectivity index (χ1n) is 6.24. The van der Waals surface area contributed by atoms with E-state index in [0.29, 0.717) is 4.47 Å². The Hall–Kier alpha value is -1.92. The minimum Gasteiger partial charge on any atom is -0.465 e. The first-order chi connectivity index (χ1) is 10.1. The number of hydrogen-bond donors (Lipinski definition) is 1. The number of aliphatic hydroxyl groups excluding tert-OH is 1. The molecule has 0 bridgehead atoms. The predicted molar refractivity (Wildman–Crippen MR) is 81.4 cm³/mol. The molecule has 1 atom stereocenters.